The van der Waals surface area contributed by atoms with Crippen LogP contribution in [-0.2, 0) is 11.8 Å². The smallest absolute Gasteiger partial charge is 0.231 e. The average molecular weight is 286 g/mol. The summed E-state index contributed by atoms with van der Waals surface area (Å²) in [6, 6.07) is 4.14. The van der Waals surface area contributed by atoms with Crippen LogP contribution in [0, 0.1) is 11.8 Å². The van der Waals surface area contributed by atoms with Gasteiger partial charge in [-0.2, -0.15) is 0 Å². The molecule has 1 saturated carbocycles. The zero-order valence-electron chi connectivity index (χ0n) is 11.7. The predicted octanol–water partition coefficient (Wildman–Crippen LogP) is 1.53. The first-order valence-corrected chi connectivity index (χ1v) is 7.67. The Morgan fingerprint density at radius 1 is 1.10 bits per heavy atom. The molecule has 0 radical (unpaired) electrons. The molecule has 1 aromatic carbocycles. The van der Waals surface area contributed by atoms with Crippen molar-refractivity contribution >= 4 is 0 Å². The van der Waals surface area contributed by atoms with E-state index in [1.807, 2.05) is 6.08 Å². The van der Waals surface area contributed by atoms with Gasteiger partial charge < -0.3 is 19.7 Å². The van der Waals surface area contributed by atoms with Gasteiger partial charge in [0.25, 0.3) is 0 Å². The van der Waals surface area contributed by atoms with Crippen molar-refractivity contribution in [2.45, 2.75) is 36.9 Å². The molecule has 110 valence electrons. The molecule has 1 fully saturated rings. The molecule has 0 unspecified atom stereocenters. The summed E-state index contributed by atoms with van der Waals surface area (Å²) >= 11 is 0. The zero-order chi connectivity index (χ0) is 14.2. The molecule has 1 heterocycles. The third kappa shape index (κ3) is 1.37. The fourth-order valence-corrected chi connectivity index (χ4v) is 5.05. The molecular formula is C17H18O4. The van der Waals surface area contributed by atoms with Crippen LogP contribution in [0.5, 0.6) is 11.5 Å². The molecular weight excluding hydrogens is 268 g/mol. The Morgan fingerprint density at radius 2 is 1.90 bits per heavy atom. The minimum atomic E-state index is -0.383. The van der Waals surface area contributed by atoms with Crippen molar-refractivity contribution < 1.29 is 19.7 Å². The van der Waals surface area contributed by atoms with Crippen molar-refractivity contribution in [3.8, 4) is 11.5 Å². The molecule has 1 aromatic rings. The van der Waals surface area contributed by atoms with E-state index in [4.69, 9.17) is 9.47 Å². The van der Waals surface area contributed by atoms with E-state index in [-0.39, 0.29) is 24.4 Å². The number of ether oxygens (including phenoxy) is 2. The maximum absolute atomic E-state index is 10.8. The third-order valence-electron chi connectivity index (χ3n) is 5.90. The van der Waals surface area contributed by atoms with Crippen molar-refractivity contribution in [2.24, 2.45) is 11.8 Å². The van der Waals surface area contributed by atoms with Gasteiger partial charge in [-0.1, -0.05) is 12.2 Å². The second-order valence-electron chi connectivity index (χ2n) is 6.78. The molecule has 3 aliphatic carbocycles. The number of aliphatic hydroxyl groups excluding tert-OH is 2. The standard InChI is InChI=1S/C17H18O4/c18-11-1-2-17-12(6-11)10(5-16(17)19)3-9-4-14-15(7-13(9)17)21-8-20-14/h1-2,4,7,10-12,16,18-19H,3,5-6,8H2/t10-,11-,12+,16+,17+/m0/s1. The van der Waals surface area contributed by atoms with E-state index in [0.717, 1.165) is 30.8 Å². The minimum absolute atomic E-state index is 0.273. The van der Waals surface area contributed by atoms with Crippen molar-refractivity contribution in [1.82, 2.24) is 0 Å². The van der Waals surface area contributed by atoms with Gasteiger partial charge in [0, 0.05) is 5.41 Å². The lowest BCUT2D eigenvalue weighted by Crippen LogP contribution is -2.46. The van der Waals surface area contributed by atoms with Crippen LogP contribution in [0.25, 0.3) is 0 Å². The minimum Gasteiger partial charge on any atom is -0.454 e. The third-order valence-corrected chi connectivity index (χ3v) is 5.90. The number of rotatable bonds is 0. The molecule has 0 aromatic heterocycles. The first-order chi connectivity index (χ1) is 10.2. The Hall–Kier alpha value is -1.52. The SMILES string of the molecule is O[C@@H]1C[C@@H]2Cc3cc4c(cc3[C@]13C=C[C@H](O)C[C@H]23)OCO4. The lowest BCUT2D eigenvalue weighted by molar-refractivity contribution is 0.0815. The molecule has 4 nitrogen and oxygen atoms in total. The Bertz CT molecular complexity index is 652. The summed E-state index contributed by atoms with van der Waals surface area (Å²) in [5.74, 6) is 2.35. The second-order valence-corrected chi connectivity index (χ2v) is 6.78. The van der Waals surface area contributed by atoms with Gasteiger partial charge in [-0.05, 0) is 54.4 Å². The van der Waals surface area contributed by atoms with E-state index in [2.05, 4.69) is 18.2 Å². The number of fused-ring (bicyclic) bond motifs is 2. The fourth-order valence-electron chi connectivity index (χ4n) is 5.05. The van der Waals surface area contributed by atoms with Crippen molar-refractivity contribution in [3.63, 3.8) is 0 Å². The van der Waals surface area contributed by atoms with E-state index in [1.54, 1.807) is 0 Å². The van der Waals surface area contributed by atoms with Gasteiger partial charge in [-0.3, -0.25) is 0 Å². The van der Waals surface area contributed by atoms with Crippen LogP contribution in [0.1, 0.15) is 24.0 Å². The van der Waals surface area contributed by atoms with Gasteiger partial charge in [0.15, 0.2) is 11.5 Å². The number of aliphatic hydroxyl groups is 2. The predicted molar refractivity (Wildman–Crippen MR) is 75.3 cm³/mol. The molecule has 5 rings (SSSR count). The topological polar surface area (TPSA) is 58.9 Å². The van der Waals surface area contributed by atoms with E-state index < -0.39 is 0 Å². The highest BCUT2D eigenvalue weighted by atomic mass is 16.7. The lowest BCUT2D eigenvalue weighted by Gasteiger charge is -2.45. The Labute approximate surface area is 123 Å². The monoisotopic (exact) mass is 286 g/mol. The summed E-state index contributed by atoms with van der Waals surface area (Å²) in [6.45, 7) is 0.273. The van der Waals surface area contributed by atoms with Gasteiger partial charge in [-0.15, -0.1) is 0 Å². The first-order valence-electron chi connectivity index (χ1n) is 7.67. The largest absolute Gasteiger partial charge is 0.454 e. The molecule has 0 saturated heterocycles. The molecule has 2 N–H and O–H groups in total. The molecule has 5 atom stereocenters. The summed E-state index contributed by atoms with van der Waals surface area (Å²) in [6.07, 6.45) is 5.65. The Morgan fingerprint density at radius 3 is 2.76 bits per heavy atom. The van der Waals surface area contributed by atoms with Crippen LogP contribution in [0.3, 0.4) is 0 Å². The molecule has 4 heteroatoms. The van der Waals surface area contributed by atoms with E-state index in [0.29, 0.717) is 11.8 Å². The summed E-state index contributed by atoms with van der Waals surface area (Å²) in [5.41, 5.74) is 2.08. The maximum atomic E-state index is 10.8. The van der Waals surface area contributed by atoms with Gasteiger partial charge in [0.05, 0.1) is 12.2 Å². The molecule has 21 heavy (non-hydrogen) atoms. The molecule has 0 amide bonds. The highest BCUT2D eigenvalue weighted by Gasteiger charge is 2.59. The van der Waals surface area contributed by atoms with Crippen molar-refractivity contribution in [2.75, 3.05) is 6.79 Å². The van der Waals surface area contributed by atoms with Gasteiger partial charge in [0.1, 0.15) is 0 Å². The molecule has 0 spiro atoms. The lowest BCUT2D eigenvalue weighted by atomic mass is 9.60. The average Bonchev–Trinajstić information content (AvgIpc) is 2.99. The number of hydrogen-bond donors (Lipinski definition) is 2. The van der Waals surface area contributed by atoms with Crippen molar-refractivity contribution in [1.29, 1.82) is 0 Å². The molecule has 4 aliphatic rings. The van der Waals surface area contributed by atoms with Crippen LogP contribution in [0.15, 0.2) is 24.3 Å². The maximum Gasteiger partial charge on any atom is 0.231 e. The zero-order valence-corrected chi connectivity index (χ0v) is 11.7. The highest BCUT2D eigenvalue weighted by molar-refractivity contribution is 5.56. The van der Waals surface area contributed by atoms with Gasteiger partial charge >= 0.3 is 0 Å². The highest BCUT2D eigenvalue weighted by Crippen LogP contribution is 2.60. The Kier molecular flexibility index (Phi) is 2.19. The summed E-state index contributed by atoms with van der Waals surface area (Å²) in [7, 11) is 0. The number of hydrogen-bond acceptors (Lipinski definition) is 4. The second kappa shape index (κ2) is 3.81. The normalized spacial score (nSPS) is 41.8. The van der Waals surface area contributed by atoms with Crippen LogP contribution in [0.2, 0.25) is 0 Å². The van der Waals surface area contributed by atoms with Crippen LogP contribution in [-0.4, -0.2) is 29.2 Å². The first kappa shape index (κ1) is 12.1. The van der Waals surface area contributed by atoms with E-state index in [1.165, 1.54) is 11.1 Å². The quantitative estimate of drug-likeness (QED) is 0.710. The molecule has 2 bridgehead atoms. The molecule has 1 aliphatic heterocycles. The van der Waals surface area contributed by atoms with Gasteiger partial charge in [-0.25, -0.2) is 0 Å². The van der Waals surface area contributed by atoms with Crippen LogP contribution < -0.4 is 9.47 Å². The van der Waals surface area contributed by atoms with Crippen LogP contribution >= 0.6 is 0 Å². The van der Waals surface area contributed by atoms with Crippen molar-refractivity contribution in [3.05, 3.63) is 35.4 Å². The number of benzene rings is 1. The summed E-state index contributed by atoms with van der Waals surface area (Å²) in [5, 5.41) is 20.7. The van der Waals surface area contributed by atoms with E-state index >= 15 is 0 Å². The van der Waals surface area contributed by atoms with Gasteiger partial charge in [0.2, 0.25) is 6.79 Å². The summed E-state index contributed by atoms with van der Waals surface area (Å²) in [4.78, 5) is 0. The summed E-state index contributed by atoms with van der Waals surface area (Å²) < 4.78 is 11.0. The fraction of sp³-hybridized carbons (Fsp3) is 0.529. The Balaban J connectivity index is 1.76. The van der Waals surface area contributed by atoms with E-state index in [9.17, 15) is 10.2 Å². The van der Waals surface area contributed by atoms with Crippen LogP contribution in [0.4, 0.5) is 0 Å².